The van der Waals surface area contributed by atoms with Crippen LogP contribution in [0.1, 0.15) is 33.4 Å². The van der Waals surface area contributed by atoms with Crippen LogP contribution in [-0.2, 0) is 4.79 Å². The number of carbonyl (C=O) groups excluding carboxylic acids is 2. The van der Waals surface area contributed by atoms with Crippen molar-refractivity contribution in [2.24, 2.45) is 0 Å². The second-order valence-corrected chi connectivity index (χ2v) is 8.10. The van der Waals surface area contributed by atoms with E-state index in [-0.39, 0.29) is 11.8 Å². The number of anilines is 1. The van der Waals surface area contributed by atoms with Crippen molar-refractivity contribution in [1.82, 2.24) is 9.88 Å². The van der Waals surface area contributed by atoms with Gasteiger partial charge in [-0.2, -0.15) is 0 Å². The van der Waals surface area contributed by atoms with Gasteiger partial charge in [-0.05, 0) is 41.5 Å². The number of benzene rings is 3. The van der Waals surface area contributed by atoms with Crippen LogP contribution in [0.15, 0.2) is 85.1 Å². The van der Waals surface area contributed by atoms with Gasteiger partial charge in [0.25, 0.3) is 5.91 Å². The number of carbonyl (C=O) groups is 2. The summed E-state index contributed by atoms with van der Waals surface area (Å²) in [4.78, 5) is 33.0. The van der Waals surface area contributed by atoms with Crippen LogP contribution in [0.4, 0.5) is 5.69 Å². The smallest absolute Gasteiger partial charge is 0.254 e. The van der Waals surface area contributed by atoms with E-state index in [0.717, 1.165) is 16.5 Å². The minimum Gasteiger partial charge on any atom is -0.497 e. The summed E-state index contributed by atoms with van der Waals surface area (Å²) >= 11 is 0. The van der Waals surface area contributed by atoms with Gasteiger partial charge in [0.05, 0.1) is 36.5 Å². The van der Waals surface area contributed by atoms with Crippen LogP contribution >= 0.6 is 0 Å². The van der Waals surface area contributed by atoms with Crippen molar-refractivity contribution in [2.75, 3.05) is 19.5 Å². The average Bonchev–Trinajstić information content (AvgIpc) is 2.86. The standard InChI is InChI=1S/C27H23N3O3/c1-30-25(17-11-13-20(33-2)14-12-17)24(21-8-4-5-9-22(21)27(30)32)26(31)29-19-15-18-7-3-6-10-23(18)28-16-19/h3-16,24-25H,1-2H3,(H,29,31)/t24-,25-/m0/s1. The van der Waals surface area contributed by atoms with Gasteiger partial charge in [0.2, 0.25) is 5.91 Å². The molecule has 0 aliphatic carbocycles. The number of likely N-dealkylation sites (N-methyl/N-ethyl adjacent to an activating group) is 1. The minimum atomic E-state index is -0.594. The third-order valence-electron chi connectivity index (χ3n) is 6.18. The Labute approximate surface area is 191 Å². The molecule has 0 saturated carbocycles. The van der Waals surface area contributed by atoms with Gasteiger partial charge in [-0.15, -0.1) is 0 Å². The second-order valence-electron chi connectivity index (χ2n) is 8.10. The van der Waals surface area contributed by atoms with Crippen molar-refractivity contribution in [1.29, 1.82) is 0 Å². The molecule has 6 nitrogen and oxygen atoms in total. The average molecular weight is 437 g/mol. The largest absolute Gasteiger partial charge is 0.497 e. The number of para-hydroxylation sites is 1. The van der Waals surface area contributed by atoms with E-state index >= 15 is 0 Å². The number of fused-ring (bicyclic) bond motifs is 2. The number of aromatic nitrogens is 1. The van der Waals surface area contributed by atoms with Gasteiger partial charge in [-0.25, -0.2) is 0 Å². The van der Waals surface area contributed by atoms with E-state index in [1.165, 1.54) is 0 Å². The Morgan fingerprint density at radius 2 is 1.73 bits per heavy atom. The van der Waals surface area contributed by atoms with Gasteiger partial charge in [0.15, 0.2) is 0 Å². The first-order valence-electron chi connectivity index (χ1n) is 10.7. The van der Waals surface area contributed by atoms with E-state index in [4.69, 9.17) is 4.74 Å². The molecule has 3 aromatic carbocycles. The molecule has 1 N–H and O–H groups in total. The third-order valence-corrected chi connectivity index (χ3v) is 6.18. The lowest BCUT2D eigenvalue weighted by Gasteiger charge is -2.39. The molecule has 33 heavy (non-hydrogen) atoms. The Kier molecular flexibility index (Phi) is 5.26. The molecule has 0 spiro atoms. The number of nitrogens with one attached hydrogen (secondary N) is 1. The lowest BCUT2D eigenvalue weighted by Crippen LogP contribution is -2.44. The topological polar surface area (TPSA) is 71.5 Å². The molecule has 0 fully saturated rings. The molecule has 1 aliphatic heterocycles. The summed E-state index contributed by atoms with van der Waals surface area (Å²) in [6, 6.07) is 24.0. The first-order valence-corrected chi connectivity index (χ1v) is 10.7. The molecule has 2 amide bonds. The summed E-state index contributed by atoms with van der Waals surface area (Å²) in [5, 5.41) is 3.98. The van der Waals surface area contributed by atoms with Crippen LogP contribution in [0, 0.1) is 0 Å². The van der Waals surface area contributed by atoms with Gasteiger partial charge in [0.1, 0.15) is 5.75 Å². The lowest BCUT2D eigenvalue weighted by atomic mass is 9.79. The summed E-state index contributed by atoms with van der Waals surface area (Å²) in [7, 11) is 3.35. The maximum absolute atomic E-state index is 13.7. The molecule has 0 saturated heterocycles. The highest BCUT2D eigenvalue weighted by atomic mass is 16.5. The van der Waals surface area contributed by atoms with E-state index in [9.17, 15) is 9.59 Å². The van der Waals surface area contributed by atoms with Crippen molar-refractivity contribution in [2.45, 2.75) is 12.0 Å². The number of pyridine rings is 1. The summed E-state index contributed by atoms with van der Waals surface area (Å²) < 4.78 is 5.28. The zero-order valence-electron chi connectivity index (χ0n) is 18.4. The molecule has 5 rings (SSSR count). The van der Waals surface area contributed by atoms with Crippen molar-refractivity contribution < 1.29 is 14.3 Å². The maximum Gasteiger partial charge on any atom is 0.254 e. The molecular weight excluding hydrogens is 414 g/mol. The number of hydrogen-bond donors (Lipinski definition) is 1. The molecular formula is C27H23N3O3. The van der Waals surface area contributed by atoms with Gasteiger partial charge < -0.3 is 15.0 Å². The zero-order chi connectivity index (χ0) is 22.9. The van der Waals surface area contributed by atoms with Crippen LogP contribution in [0.3, 0.4) is 0 Å². The molecule has 2 heterocycles. The fraction of sp³-hybridized carbons (Fsp3) is 0.148. The molecule has 0 unspecified atom stereocenters. The summed E-state index contributed by atoms with van der Waals surface area (Å²) in [6.45, 7) is 0. The molecule has 164 valence electrons. The van der Waals surface area contributed by atoms with Crippen molar-refractivity contribution in [3.05, 3.63) is 102 Å². The molecule has 0 radical (unpaired) electrons. The Morgan fingerprint density at radius 1 is 1.00 bits per heavy atom. The minimum absolute atomic E-state index is 0.108. The van der Waals surface area contributed by atoms with Crippen LogP contribution in [0.25, 0.3) is 10.9 Å². The fourth-order valence-corrected chi connectivity index (χ4v) is 4.53. The predicted molar refractivity (Wildman–Crippen MR) is 127 cm³/mol. The van der Waals surface area contributed by atoms with E-state index in [1.807, 2.05) is 72.8 Å². The Hall–Kier alpha value is -4.19. The van der Waals surface area contributed by atoms with Crippen LogP contribution in [0.2, 0.25) is 0 Å². The number of hydrogen-bond acceptors (Lipinski definition) is 4. The maximum atomic E-state index is 13.7. The van der Waals surface area contributed by atoms with Crippen LogP contribution in [-0.4, -0.2) is 35.9 Å². The number of methoxy groups -OCH3 is 1. The first-order chi connectivity index (χ1) is 16.1. The first kappa shape index (κ1) is 20.7. The third kappa shape index (κ3) is 3.69. The number of ether oxygens (including phenoxy) is 1. The van der Waals surface area contributed by atoms with E-state index in [0.29, 0.717) is 22.6 Å². The Bertz CT molecular complexity index is 1350. The number of amides is 2. The predicted octanol–water partition coefficient (Wildman–Crippen LogP) is 4.79. The second kappa shape index (κ2) is 8.39. The summed E-state index contributed by atoms with van der Waals surface area (Å²) in [6.07, 6.45) is 1.66. The molecule has 1 aliphatic rings. The molecule has 0 bridgehead atoms. The number of nitrogens with zero attached hydrogens (tertiary/aromatic N) is 2. The Balaban J connectivity index is 1.57. The summed E-state index contributed by atoms with van der Waals surface area (Å²) in [5.74, 6) is -0.182. The molecule has 1 aromatic heterocycles. The highest BCUT2D eigenvalue weighted by Crippen LogP contribution is 2.42. The molecule has 4 aromatic rings. The highest BCUT2D eigenvalue weighted by molar-refractivity contribution is 6.04. The lowest BCUT2D eigenvalue weighted by molar-refractivity contribution is -0.119. The number of rotatable bonds is 4. The quantitative estimate of drug-likeness (QED) is 0.498. The van der Waals surface area contributed by atoms with Gasteiger partial charge in [0, 0.05) is 18.0 Å². The van der Waals surface area contributed by atoms with Crippen molar-refractivity contribution in [3.63, 3.8) is 0 Å². The van der Waals surface area contributed by atoms with E-state index in [2.05, 4.69) is 10.3 Å². The SMILES string of the molecule is COc1ccc([C@H]2[C@@H](C(=O)Nc3cnc4ccccc4c3)c3ccccc3C(=O)N2C)cc1. The zero-order valence-corrected chi connectivity index (χ0v) is 18.4. The normalized spacial score (nSPS) is 17.5. The summed E-state index contributed by atoms with van der Waals surface area (Å²) in [5.41, 5.74) is 3.59. The van der Waals surface area contributed by atoms with Gasteiger partial charge in [-0.3, -0.25) is 14.6 Å². The fourth-order valence-electron chi connectivity index (χ4n) is 4.53. The van der Waals surface area contributed by atoms with Crippen LogP contribution in [0.5, 0.6) is 5.75 Å². The van der Waals surface area contributed by atoms with Crippen molar-refractivity contribution in [3.8, 4) is 5.75 Å². The Morgan fingerprint density at radius 3 is 2.52 bits per heavy atom. The van der Waals surface area contributed by atoms with Crippen LogP contribution < -0.4 is 10.1 Å². The highest BCUT2D eigenvalue weighted by Gasteiger charge is 2.42. The van der Waals surface area contributed by atoms with Gasteiger partial charge in [-0.1, -0.05) is 48.5 Å². The molecule has 6 heteroatoms. The van der Waals surface area contributed by atoms with E-state index in [1.54, 1.807) is 31.3 Å². The van der Waals surface area contributed by atoms with E-state index < -0.39 is 12.0 Å². The van der Waals surface area contributed by atoms with Gasteiger partial charge >= 0.3 is 0 Å². The monoisotopic (exact) mass is 437 g/mol. The van der Waals surface area contributed by atoms with Crippen molar-refractivity contribution >= 4 is 28.4 Å². The molecule has 2 atom stereocenters.